The van der Waals surface area contributed by atoms with E-state index in [0.29, 0.717) is 27.3 Å². The molecule has 1 aromatic heterocycles. The quantitative estimate of drug-likeness (QED) is 0.486. The van der Waals surface area contributed by atoms with Gasteiger partial charge in [-0.1, -0.05) is 28.1 Å². The number of nitrogens with zero attached hydrogens (tertiary/aromatic N) is 2. The van der Waals surface area contributed by atoms with Gasteiger partial charge in [-0.3, -0.25) is 9.69 Å². The van der Waals surface area contributed by atoms with Crippen LogP contribution in [0.25, 0.3) is 17.4 Å². The molecule has 0 spiro atoms. The molecule has 0 unspecified atom stereocenters. The molecule has 8 heteroatoms. The maximum absolute atomic E-state index is 12.6. The first-order chi connectivity index (χ1) is 14.4. The van der Waals surface area contributed by atoms with Crippen molar-refractivity contribution in [1.29, 1.82) is 0 Å². The third kappa shape index (κ3) is 4.24. The van der Waals surface area contributed by atoms with Gasteiger partial charge >= 0.3 is 5.97 Å². The van der Waals surface area contributed by atoms with Gasteiger partial charge in [-0.15, -0.1) is 0 Å². The van der Waals surface area contributed by atoms with Gasteiger partial charge in [0.25, 0.3) is 5.91 Å². The fourth-order valence-electron chi connectivity index (χ4n) is 2.77. The fourth-order valence-corrected chi connectivity index (χ4v) is 4.00. The molecule has 0 bridgehead atoms. The Morgan fingerprint density at radius 1 is 1.10 bits per heavy atom. The molecule has 150 valence electrons. The van der Waals surface area contributed by atoms with Crippen LogP contribution in [-0.4, -0.2) is 34.1 Å². The lowest BCUT2D eigenvalue weighted by Gasteiger charge is -2.07. The molecule has 0 radical (unpaired) electrons. The van der Waals surface area contributed by atoms with E-state index in [0.717, 1.165) is 10.0 Å². The minimum absolute atomic E-state index is 0.178. The van der Waals surface area contributed by atoms with Crippen LogP contribution in [-0.2, 0) is 4.79 Å². The third-order valence-electron chi connectivity index (χ3n) is 4.37. The zero-order chi connectivity index (χ0) is 21.3. The third-order valence-corrected chi connectivity index (χ3v) is 5.96. The van der Waals surface area contributed by atoms with Crippen molar-refractivity contribution in [1.82, 2.24) is 4.90 Å². The Morgan fingerprint density at radius 2 is 1.80 bits per heavy atom. The summed E-state index contributed by atoms with van der Waals surface area (Å²) in [6.45, 7) is 0. The second kappa shape index (κ2) is 8.33. The Bertz CT molecular complexity index is 1180. The number of amides is 1. The summed E-state index contributed by atoms with van der Waals surface area (Å²) in [5.74, 6) is 0.111. The molecule has 2 aromatic carbocycles. The number of thioether (sulfide) groups is 1. The van der Waals surface area contributed by atoms with Crippen molar-refractivity contribution in [2.24, 2.45) is 4.99 Å². The van der Waals surface area contributed by atoms with Gasteiger partial charge in [-0.2, -0.15) is 0 Å². The minimum atomic E-state index is -0.997. The van der Waals surface area contributed by atoms with E-state index in [4.69, 9.17) is 9.52 Å². The number of aromatic carboxylic acids is 1. The van der Waals surface area contributed by atoms with Gasteiger partial charge in [0.2, 0.25) is 0 Å². The van der Waals surface area contributed by atoms with Gasteiger partial charge in [0.1, 0.15) is 11.5 Å². The number of hydrogen-bond donors (Lipinski definition) is 1. The number of carboxylic acid groups (broad SMARTS) is 1. The van der Waals surface area contributed by atoms with Gasteiger partial charge < -0.3 is 9.52 Å². The lowest BCUT2D eigenvalue weighted by molar-refractivity contribution is -0.121. The van der Waals surface area contributed by atoms with E-state index < -0.39 is 5.97 Å². The zero-order valence-corrected chi connectivity index (χ0v) is 18.1. The van der Waals surface area contributed by atoms with Crippen LogP contribution < -0.4 is 0 Å². The van der Waals surface area contributed by atoms with Gasteiger partial charge in [0.05, 0.1) is 16.2 Å². The van der Waals surface area contributed by atoms with Gasteiger partial charge in [0, 0.05) is 23.2 Å². The van der Waals surface area contributed by atoms with E-state index in [1.807, 2.05) is 36.4 Å². The number of furan rings is 1. The molecule has 30 heavy (non-hydrogen) atoms. The molecule has 1 aliphatic rings. The number of likely N-dealkylation sites (N-methyl/N-ethyl adjacent to an activating group) is 1. The molecule has 1 amide bonds. The Kier molecular flexibility index (Phi) is 5.61. The van der Waals surface area contributed by atoms with Gasteiger partial charge in [0.15, 0.2) is 5.17 Å². The second-order valence-electron chi connectivity index (χ2n) is 6.43. The number of carbonyl (C=O) groups is 2. The Hall–Kier alpha value is -3.10. The zero-order valence-electron chi connectivity index (χ0n) is 15.7. The number of halogens is 1. The monoisotopic (exact) mass is 482 g/mol. The standard InChI is InChI=1S/C22H15BrN2O4S/c1-25-20(26)19(30-22(25)24-16-8-4-14(5-9-16)21(27)28)12-17-10-11-18(29-17)13-2-6-15(23)7-3-13/h2-12H,1H3,(H,27,28)/b19-12-,24-22?. The first-order valence-corrected chi connectivity index (χ1v) is 10.5. The number of aliphatic imine (C=N–C) groups is 1. The molecular weight excluding hydrogens is 468 g/mol. The summed E-state index contributed by atoms with van der Waals surface area (Å²) in [6, 6.07) is 17.6. The topological polar surface area (TPSA) is 83.1 Å². The van der Waals surface area contributed by atoms with Crippen LogP contribution in [0, 0.1) is 0 Å². The van der Waals surface area contributed by atoms with Crippen molar-refractivity contribution in [3.63, 3.8) is 0 Å². The summed E-state index contributed by atoms with van der Waals surface area (Å²) in [6.07, 6.45) is 1.70. The van der Waals surface area contributed by atoms with E-state index in [2.05, 4.69) is 20.9 Å². The van der Waals surface area contributed by atoms with E-state index in [-0.39, 0.29) is 11.5 Å². The SMILES string of the molecule is CN1C(=O)/C(=C/c2ccc(-c3ccc(Br)cc3)o2)SC1=Nc1ccc(C(=O)O)cc1. The highest BCUT2D eigenvalue weighted by molar-refractivity contribution is 9.10. The number of amidine groups is 1. The Balaban J connectivity index is 1.55. The van der Waals surface area contributed by atoms with E-state index in [9.17, 15) is 9.59 Å². The number of rotatable bonds is 4. The maximum Gasteiger partial charge on any atom is 0.335 e. The van der Waals surface area contributed by atoms with Crippen LogP contribution in [0.1, 0.15) is 16.1 Å². The molecule has 0 saturated carbocycles. The summed E-state index contributed by atoms with van der Waals surface area (Å²) in [7, 11) is 1.65. The summed E-state index contributed by atoms with van der Waals surface area (Å²) in [5.41, 5.74) is 1.69. The summed E-state index contributed by atoms with van der Waals surface area (Å²) >= 11 is 4.65. The van der Waals surface area contributed by atoms with Crippen LogP contribution in [0.4, 0.5) is 5.69 Å². The minimum Gasteiger partial charge on any atom is -0.478 e. The van der Waals surface area contributed by atoms with E-state index >= 15 is 0 Å². The first-order valence-electron chi connectivity index (χ1n) is 8.86. The Morgan fingerprint density at radius 3 is 2.47 bits per heavy atom. The molecule has 3 aromatic rings. The molecular formula is C22H15BrN2O4S. The fraction of sp³-hybridized carbons (Fsp3) is 0.0455. The average Bonchev–Trinajstić information content (AvgIpc) is 3.30. The summed E-state index contributed by atoms with van der Waals surface area (Å²) < 4.78 is 6.86. The maximum atomic E-state index is 12.6. The predicted molar refractivity (Wildman–Crippen MR) is 121 cm³/mol. The highest BCUT2D eigenvalue weighted by atomic mass is 79.9. The normalized spacial score (nSPS) is 16.6. The Labute approximate surface area is 185 Å². The van der Waals surface area contributed by atoms with Crippen molar-refractivity contribution in [3.05, 3.63) is 81.4 Å². The van der Waals surface area contributed by atoms with Crippen molar-refractivity contribution in [3.8, 4) is 11.3 Å². The molecule has 0 aliphatic carbocycles. The molecule has 1 aliphatic heterocycles. The molecule has 1 N–H and O–H groups in total. The molecule has 2 heterocycles. The number of carbonyl (C=O) groups excluding carboxylic acids is 1. The molecule has 0 atom stereocenters. The van der Waals surface area contributed by atoms with Gasteiger partial charge in [-0.05, 0) is 60.3 Å². The lowest BCUT2D eigenvalue weighted by atomic mass is 10.2. The van der Waals surface area contributed by atoms with Crippen LogP contribution in [0.3, 0.4) is 0 Å². The van der Waals surface area contributed by atoms with Crippen molar-refractivity contribution in [2.75, 3.05) is 7.05 Å². The van der Waals surface area contributed by atoms with Crippen molar-refractivity contribution < 1.29 is 19.1 Å². The van der Waals surface area contributed by atoms with Gasteiger partial charge in [-0.25, -0.2) is 9.79 Å². The molecule has 1 fully saturated rings. The summed E-state index contributed by atoms with van der Waals surface area (Å²) in [5, 5.41) is 9.50. The molecule has 6 nitrogen and oxygen atoms in total. The van der Waals surface area contributed by atoms with E-state index in [1.54, 1.807) is 25.3 Å². The molecule has 4 rings (SSSR count). The van der Waals surface area contributed by atoms with Crippen LogP contribution in [0.2, 0.25) is 0 Å². The molecule has 1 saturated heterocycles. The smallest absolute Gasteiger partial charge is 0.335 e. The first kappa shape index (κ1) is 20.2. The van der Waals surface area contributed by atoms with Crippen LogP contribution in [0.5, 0.6) is 0 Å². The van der Waals surface area contributed by atoms with Crippen molar-refractivity contribution >= 4 is 56.5 Å². The average molecular weight is 483 g/mol. The van der Waals surface area contributed by atoms with Crippen LogP contribution in [0.15, 0.2) is 79.5 Å². The summed E-state index contributed by atoms with van der Waals surface area (Å²) in [4.78, 5) is 30.0. The van der Waals surface area contributed by atoms with Crippen molar-refractivity contribution in [2.45, 2.75) is 0 Å². The van der Waals surface area contributed by atoms with E-state index in [1.165, 1.54) is 28.8 Å². The number of hydrogen-bond acceptors (Lipinski definition) is 5. The lowest BCUT2D eigenvalue weighted by Crippen LogP contribution is -2.23. The number of benzene rings is 2. The number of carboxylic acids is 1. The highest BCUT2D eigenvalue weighted by Crippen LogP contribution is 2.34. The largest absolute Gasteiger partial charge is 0.478 e. The second-order valence-corrected chi connectivity index (χ2v) is 8.35. The highest BCUT2D eigenvalue weighted by Gasteiger charge is 2.30. The predicted octanol–water partition coefficient (Wildman–Crippen LogP) is 5.64. The van der Waals surface area contributed by atoms with Crippen LogP contribution >= 0.6 is 27.7 Å².